The minimum absolute atomic E-state index is 0.0454. The number of nitrogens with one attached hydrogen (secondary N) is 1. The minimum atomic E-state index is -4.99. The summed E-state index contributed by atoms with van der Waals surface area (Å²) >= 11 is 0. The van der Waals surface area contributed by atoms with Crippen molar-refractivity contribution in [2.24, 2.45) is 0 Å². The molecular formula is C21H24F7N7O2. The van der Waals surface area contributed by atoms with Crippen molar-refractivity contribution in [1.29, 1.82) is 0 Å². The van der Waals surface area contributed by atoms with E-state index in [4.69, 9.17) is 0 Å². The fraction of sp³-hybridized carbons (Fsp3) is 0.571. The maximum absolute atomic E-state index is 13.3. The van der Waals surface area contributed by atoms with E-state index in [0.29, 0.717) is 19.2 Å². The summed E-state index contributed by atoms with van der Waals surface area (Å²) in [4.78, 5) is 36.0. The van der Waals surface area contributed by atoms with Gasteiger partial charge in [-0.25, -0.2) is 32.6 Å². The van der Waals surface area contributed by atoms with Crippen molar-refractivity contribution in [3.8, 4) is 0 Å². The van der Waals surface area contributed by atoms with Gasteiger partial charge in [0.15, 0.2) is 0 Å². The highest BCUT2D eigenvalue weighted by Crippen LogP contribution is 2.28. The van der Waals surface area contributed by atoms with Crippen molar-refractivity contribution >= 4 is 17.7 Å². The second-order valence-corrected chi connectivity index (χ2v) is 8.44. The summed E-state index contributed by atoms with van der Waals surface area (Å²) in [5, 5.41) is 5.12. The smallest absolute Gasteiger partial charge is 0.349 e. The van der Waals surface area contributed by atoms with Crippen LogP contribution in [0.2, 0.25) is 0 Å². The lowest BCUT2D eigenvalue weighted by Crippen LogP contribution is -2.49. The first-order valence-electron chi connectivity index (χ1n) is 11.2. The molecular weight excluding hydrogens is 515 g/mol. The number of alkyl halides is 7. The normalized spacial score (nSPS) is 14.8. The van der Waals surface area contributed by atoms with Crippen molar-refractivity contribution in [1.82, 2.24) is 25.1 Å². The zero-order valence-corrected chi connectivity index (χ0v) is 19.6. The van der Waals surface area contributed by atoms with Gasteiger partial charge in [-0.05, 0) is 6.42 Å². The van der Waals surface area contributed by atoms with Crippen LogP contribution >= 0.6 is 0 Å². The summed E-state index contributed by atoms with van der Waals surface area (Å²) in [6.07, 6.45) is -5.82. The van der Waals surface area contributed by atoms with Crippen LogP contribution < -0.4 is 15.4 Å². The Kier molecular flexibility index (Phi) is 8.58. The molecule has 0 spiro atoms. The second kappa shape index (κ2) is 11.3. The molecule has 204 valence electrons. The monoisotopic (exact) mass is 539 g/mol. The average molecular weight is 539 g/mol. The zero-order chi connectivity index (χ0) is 27.4. The first-order chi connectivity index (χ1) is 17.3. The highest BCUT2D eigenvalue weighted by molar-refractivity contribution is 5.76. The molecule has 0 bridgehead atoms. The molecule has 0 aliphatic carbocycles. The van der Waals surface area contributed by atoms with Crippen LogP contribution in [-0.2, 0) is 16.9 Å². The lowest BCUT2D eigenvalue weighted by atomic mass is 10.2. The van der Waals surface area contributed by atoms with Gasteiger partial charge in [0.1, 0.15) is 11.4 Å². The predicted molar refractivity (Wildman–Crippen MR) is 118 cm³/mol. The number of hydrogen-bond acceptors (Lipinski definition) is 7. The second-order valence-electron chi connectivity index (χ2n) is 8.44. The highest BCUT2D eigenvalue weighted by atomic mass is 19.4. The predicted octanol–water partition coefficient (Wildman–Crippen LogP) is 2.89. The third-order valence-electron chi connectivity index (χ3n) is 5.66. The van der Waals surface area contributed by atoms with Gasteiger partial charge in [0, 0.05) is 64.5 Å². The number of hydrogen-bond donors (Lipinski definition) is 1. The van der Waals surface area contributed by atoms with E-state index in [0.717, 1.165) is 24.2 Å². The number of carbonyl (C=O) groups is 1. The third kappa shape index (κ3) is 7.52. The lowest BCUT2D eigenvalue weighted by molar-refractivity contribution is -0.138. The summed E-state index contributed by atoms with van der Waals surface area (Å²) in [6, 6.07) is 0.401. The van der Waals surface area contributed by atoms with Crippen LogP contribution in [0.25, 0.3) is 0 Å². The molecule has 1 saturated heterocycles. The number of halogens is 7. The van der Waals surface area contributed by atoms with E-state index in [2.05, 4.69) is 15.1 Å². The van der Waals surface area contributed by atoms with Gasteiger partial charge in [-0.15, -0.1) is 0 Å². The molecule has 3 heterocycles. The molecule has 9 nitrogen and oxygen atoms in total. The standard InChI is InChI=1S/C21H24F7N7O2/c1-20(24,25)13-10-29-19(30-11-13)34-7-5-33(6-8-34)17(36)3-2-4-35(12-15(22)23)16-9-14(21(26,27)28)18(37)32-31-16/h9-11,15H,2-8,12H2,1H3,(H,32,37). The van der Waals surface area contributed by atoms with Crippen LogP contribution in [0.15, 0.2) is 23.3 Å². The summed E-state index contributed by atoms with van der Waals surface area (Å²) < 4.78 is 91.7. The largest absolute Gasteiger partial charge is 0.421 e. The molecule has 2 aromatic heterocycles. The number of nitrogens with zero attached hydrogens (tertiary/aromatic N) is 6. The Morgan fingerprint density at radius 1 is 1.11 bits per heavy atom. The molecule has 0 atom stereocenters. The van der Waals surface area contributed by atoms with Crippen LogP contribution in [0.3, 0.4) is 0 Å². The molecule has 37 heavy (non-hydrogen) atoms. The third-order valence-corrected chi connectivity index (χ3v) is 5.66. The highest BCUT2D eigenvalue weighted by Gasteiger charge is 2.35. The van der Waals surface area contributed by atoms with Crippen LogP contribution in [0.5, 0.6) is 0 Å². The topological polar surface area (TPSA) is 98.3 Å². The van der Waals surface area contributed by atoms with Crippen molar-refractivity contribution in [2.75, 3.05) is 49.1 Å². The van der Waals surface area contributed by atoms with Gasteiger partial charge in [0.05, 0.1) is 12.1 Å². The average Bonchev–Trinajstić information content (AvgIpc) is 2.82. The molecule has 0 unspecified atom stereocenters. The van der Waals surface area contributed by atoms with E-state index in [-0.39, 0.29) is 49.9 Å². The number of piperazine rings is 1. The molecule has 1 amide bonds. The first-order valence-corrected chi connectivity index (χ1v) is 11.2. The number of H-pyrrole nitrogens is 1. The van der Waals surface area contributed by atoms with Gasteiger partial charge in [-0.2, -0.15) is 18.3 Å². The van der Waals surface area contributed by atoms with Crippen LogP contribution in [0.4, 0.5) is 42.5 Å². The van der Waals surface area contributed by atoms with E-state index >= 15 is 0 Å². The van der Waals surface area contributed by atoms with Crippen molar-refractivity contribution in [3.05, 3.63) is 39.9 Å². The van der Waals surface area contributed by atoms with Crippen molar-refractivity contribution in [2.45, 2.75) is 38.3 Å². The summed E-state index contributed by atoms with van der Waals surface area (Å²) in [5.74, 6) is -3.60. The molecule has 1 aliphatic rings. The van der Waals surface area contributed by atoms with E-state index < -0.39 is 42.0 Å². The Labute approximate surface area is 206 Å². The van der Waals surface area contributed by atoms with Crippen LogP contribution in [0, 0.1) is 0 Å². The van der Waals surface area contributed by atoms with Gasteiger partial charge >= 0.3 is 6.18 Å². The van der Waals surface area contributed by atoms with E-state index in [9.17, 15) is 40.3 Å². The SMILES string of the molecule is CC(F)(F)c1cnc(N2CCN(C(=O)CCCN(CC(F)F)c3cc(C(F)(F)F)c(=O)[nH]n3)CC2)nc1. The maximum Gasteiger partial charge on any atom is 0.421 e. The lowest BCUT2D eigenvalue weighted by Gasteiger charge is -2.35. The fourth-order valence-corrected chi connectivity index (χ4v) is 3.68. The quantitative estimate of drug-likeness (QED) is 0.490. The van der Waals surface area contributed by atoms with Gasteiger partial charge in [0.2, 0.25) is 11.9 Å². The van der Waals surface area contributed by atoms with Gasteiger partial charge in [-0.3, -0.25) is 9.59 Å². The number of rotatable bonds is 9. The maximum atomic E-state index is 13.3. The van der Waals surface area contributed by atoms with Gasteiger partial charge < -0.3 is 14.7 Å². The molecule has 1 aliphatic heterocycles. The first kappa shape index (κ1) is 28.1. The molecule has 3 rings (SSSR count). The zero-order valence-electron chi connectivity index (χ0n) is 19.6. The number of aromatic nitrogens is 4. The Hall–Kier alpha value is -3.46. The molecule has 16 heteroatoms. The Balaban J connectivity index is 1.54. The molecule has 0 aromatic carbocycles. The summed E-state index contributed by atoms with van der Waals surface area (Å²) in [7, 11) is 0. The Morgan fingerprint density at radius 3 is 2.27 bits per heavy atom. The van der Waals surface area contributed by atoms with Crippen LogP contribution in [-0.4, -0.2) is 76.7 Å². The molecule has 0 radical (unpaired) electrons. The van der Waals surface area contributed by atoms with E-state index in [1.165, 1.54) is 4.90 Å². The van der Waals surface area contributed by atoms with Crippen LogP contribution in [0.1, 0.15) is 30.9 Å². The summed E-state index contributed by atoms with van der Waals surface area (Å²) in [5.41, 5.74) is -3.38. The fourth-order valence-electron chi connectivity index (χ4n) is 3.68. The number of aromatic amines is 1. The van der Waals surface area contributed by atoms with Gasteiger partial charge in [-0.1, -0.05) is 0 Å². The van der Waals surface area contributed by atoms with Crippen molar-refractivity contribution < 1.29 is 35.5 Å². The molecule has 0 saturated carbocycles. The summed E-state index contributed by atoms with van der Waals surface area (Å²) in [6.45, 7) is 0.843. The Bertz CT molecular complexity index is 1110. The van der Waals surface area contributed by atoms with Gasteiger partial charge in [0.25, 0.3) is 17.9 Å². The van der Waals surface area contributed by atoms with E-state index in [1.807, 2.05) is 0 Å². The van der Waals surface area contributed by atoms with E-state index in [1.54, 1.807) is 10.00 Å². The number of anilines is 2. The molecule has 1 N–H and O–H groups in total. The molecule has 1 fully saturated rings. The minimum Gasteiger partial charge on any atom is -0.349 e. The number of carbonyl (C=O) groups excluding carboxylic acids is 1. The Morgan fingerprint density at radius 2 is 1.73 bits per heavy atom. The van der Waals surface area contributed by atoms with Crippen molar-refractivity contribution in [3.63, 3.8) is 0 Å². The number of amides is 1. The molecule has 2 aromatic rings.